The molecule has 1 aromatic rings. The molecule has 9 heteroatoms. The van der Waals surface area contributed by atoms with Crippen molar-refractivity contribution >= 4 is 24.9 Å². The van der Waals surface area contributed by atoms with E-state index in [4.69, 9.17) is 5.73 Å². The SMILES string of the molecule is CCP(=O)(CC)C(O)[C@H](CC1CCCCC1)N(C(=O)[C@@H](N)Cc1ccccc1)[C@@H](CC(C)C)C(=O)NC(=O)C1CCCC1. The molecule has 2 fully saturated rings. The van der Waals surface area contributed by atoms with Crippen molar-refractivity contribution in [2.75, 3.05) is 12.3 Å². The number of nitrogens with two attached hydrogens (primary N) is 1. The second kappa shape index (κ2) is 16.9. The van der Waals surface area contributed by atoms with Gasteiger partial charge < -0.3 is 20.3 Å². The van der Waals surface area contributed by atoms with Crippen LogP contribution >= 0.6 is 7.14 Å². The van der Waals surface area contributed by atoms with Crippen LogP contribution in [0, 0.1) is 17.8 Å². The molecule has 0 heterocycles. The summed E-state index contributed by atoms with van der Waals surface area (Å²) >= 11 is 0. The predicted molar refractivity (Wildman–Crippen MR) is 173 cm³/mol. The molecule has 3 amide bonds. The fourth-order valence-corrected chi connectivity index (χ4v) is 9.13. The molecule has 242 valence electrons. The largest absolute Gasteiger partial charge is 0.383 e. The van der Waals surface area contributed by atoms with Gasteiger partial charge in [-0.25, -0.2) is 0 Å². The third kappa shape index (κ3) is 9.73. The zero-order chi connectivity index (χ0) is 31.6. The summed E-state index contributed by atoms with van der Waals surface area (Å²) in [5, 5.41) is 14.6. The van der Waals surface area contributed by atoms with Crippen LogP contribution in [0.5, 0.6) is 0 Å². The van der Waals surface area contributed by atoms with Gasteiger partial charge in [0.25, 0.3) is 0 Å². The standard InChI is InChI=1S/C34H56N3O5P/c1-5-43(42,6-2)34(41)30(23-26-17-11-8-12-18-26)37(33(40)28(35)22-25-15-9-7-10-16-25)29(21-24(3)4)32(39)36-31(38)27-19-13-14-20-27/h7,9-10,15-16,24,26-30,34,41H,5-6,8,11-14,17-23,35H2,1-4H3,(H,36,38,39)/t28-,29-,30-,34?/m0/s1. The van der Waals surface area contributed by atoms with Crippen molar-refractivity contribution in [2.45, 2.75) is 129 Å². The Labute approximate surface area is 259 Å². The predicted octanol–water partition coefficient (Wildman–Crippen LogP) is 5.69. The number of aliphatic hydroxyl groups excluding tert-OH is 1. The van der Waals surface area contributed by atoms with Crippen LogP contribution < -0.4 is 11.1 Å². The minimum Gasteiger partial charge on any atom is -0.383 e. The Morgan fingerprint density at radius 2 is 1.56 bits per heavy atom. The number of hydrogen-bond acceptors (Lipinski definition) is 6. The van der Waals surface area contributed by atoms with Crippen molar-refractivity contribution in [1.82, 2.24) is 10.2 Å². The number of aliphatic hydroxyl groups is 1. The summed E-state index contributed by atoms with van der Waals surface area (Å²) in [6.45, 7) is 7.58. The summed E-state index contributed by atoms with van der Waals surface area (Å²) in [4.78, 5) is 43.2. The van der Waals surface area contributed by atoms with E-state index in [1.165, 1.54) is 4.90 Å². The molecule has 3 rings (SSSR count). The Bertz CT molecular complexity index is 1080. The zero-order valence-electron chi connectivity index (χ0n) is 26.9. The first kappa shape index (κ1) is 35.5. The van der Waals surface area contributed by atoms with Gasteiger partial charge >= 0.3 is 0 Å². The van der Waals surface area contributed by atoms with Crippen LogP contribution in [0.25, 0.3) is 0 Å². The highest BCUT2D eigenvalue weighted by Crippen LogP contribution is 2.52. The Kier molecular flexibility index (Phi) is 13.9. The first-order valence-electron chi connectivity index (χ1n) is 16.7. The second-order valence-electron chi connectivity index (χ2n) is 13.3. The van der Waals surface area contributed by atoms with Crippen molar-refractivity contribution in [3.8, 4) is 0 Å². The average Bonchev–Trinajstić information content (AvgIpc) is 3.55. The molecule has 1 unspecified atom stereocenters. The summed E-state index contributed by atoms with van der Waals surface area (Å²) in [5.74, 6) is -2.53. The van der Waals surface area contributed by atoms with E-state index in [9.17, 15) is 24.1 Å². The number of rotatable bonds is 15. The fourth-order valence-electron chi connectivity index (χ4n) is 7.04. The van der Waals surface area contributed by atoms with Gasteiger partial charge in [0, 0.05) is 18.2 Å². The highest BCUT2D eigenvalue weighted by Gasteiger charge is 2.46. The summed E-state index contributed by atoms with van der Waals surface area (Å²) in [5.41, 5.74) is 7.51. The molecule has 0 saturated heterocycles. The second-order valence-corrected chi connectivity index (χ2v) is 17.0. The van der Waals surface area contributed by atoms with Crippen LogP contribution in [0.2, 0.25) is 0 Å². The molecule has 0 aromatic heterocycles. The van der Waals surface area contributed by atoms with Gasteiger partial charge in [0.2, 0.25) is 17.7 Å². The number of carbonyl (C=O) groups excluding carboxylic acids is 3. The fraction of sp³-hybridized carbons (Fsp3) is 0.735. The van der Waals surface area contributed by atoms with Gasteiger partial charge in [0.15, 0.2) is 0 Å². The van der Waals surface area contributed by atoms with Gasteiger partial charge in [-0.05, 0) is 49.5 Å². The Morgan fingerprint density at radius 1 is 0.977 bits per heavy atom. The number of carbonyl (C=O) groups is 3. The van der Waals surface area contributed by atoms with E-state index in [1.54, 1.807) is 0 Å². The third-order valence-electron chi connectivity index (χ3n) is 9.73. The molecule has 4 atom stereocenters. The maximum atomic E-state index is 14.5. The number of nitrogens with one attached hydrogen (secondary N) is 1. The molecule has 8 nitrogen and oxygen atoms in total. The molecule has 2 saturated carbocycles. The van der Waals surface area contributed by atoms with Gasteiger partial charge in [0.05, 0.1) is 12.1 Å². The van der Waals surface area contributed by atoms with Crippen LogP contribution in [0.3, 0.4) is 0 Å². The minimum atomic E-state index is -3.11. The van der Waals surface area contributed by atoms with Crippen molar-refractivity contribution in [3.63, 3.8) is 0 Å². The van der Waals surface area contributed by atoms with E-state index in [-0.39, 0.29) is 30.1 Å². The molecule has 0 radical (unpaired) electrons. The maximum Gasteiger partial charge on any atom is 0.249 e. The van der Waals surface area contributed by atoms with E-state index in [0.717, 1.165) is 63.4 Å². The van der Waals surface area contributed by atoms with Gasteiger partial charge in [-0.3, -0.25) is 19.7 Å². The summed E-state index contributed by atoms with van der Waals surface area (Å²) in [6.07, 6.45) is 10.2. The van der Waals surface area contributed by atoms with Crippen molar-refractivity contribution < 1.29 is 24.1 Å². The van der Waals surface area contributed by atoms with Crippen molar-refractivity contribution in [2.24, 2.45) is 23.5 Å². The van der Waals surface area contributed by atoms with Crippen LogP contribution in [0.15, 0.2) is 30.3 Å². The average molecular weight is 618 g/mol. The van der Waals surface area contributed by atoms with Crippen molar-refractivity contribution in [1.29, 1.82) is 0 Å². The summed E-state index contributed by atoms with van der Waals surface area (Å²) < 4.78 is 14.1. The summed E-state index contributed by atoms with van der Waals surface area (Å²) in [7, 11) is -3.11. The highest BCUT2D eigenvalue weighted by atomic mass is 31.2. The lowest BCUT2D eigenvalue weighted by molar-refractivity contribution is -0.149. The van der Waals surface area contributed by atoms with E-state index in [2.05, 4.69) is 5.32 Å². The van der Waals surface area contributed by atoms with Gasteiger partial charge in [-0.2, -0.15) is 0 Å². The molecule has 0 aliphatic heterocycles. The Hall–Kier alpha value is -2.02. The first-order chi connectivity index (χ1) is 20.5. The van der Waals surface area contributed by atoms with E-state index in [1.807, 2.05) is 58.0 Å². The number of amides is 3. The van der Waals surface area contributed by atoms with E-state index in [0.29, 0.717) is 25.2 Å². The highest BCUT2D eigenvalue weighted by molar-refractivity contribution is 7.64. The van der Waals surface area contributed by atoms with Gasteiger partial charge in [-0.15, -0.1) is 0 Å². The normalized spacial score (nSPS) is 19.5. The number of imide groups is 1. The smallest absolute Gasteiger partial charge is 0.249 e. The lowest BCUT2D eigenvalue weighted by Gasteiger charge is -2.44. The maximum absolute atomic E-state index is 14.5. The monoisotopic (exact) mass is 617 g/mol. The van der Waals surface area contributed by atoms with Crippen LogP contribution in [0.4, 0.5) is 0 Å². The van der Waals surface area contributed by atoms with Crippen LogP contribution in [0.1, 0.15) is 104 Å². The molecule has 43 heavy (non-hydrogen) atoms. The number of benzene rings is 1. The first-order valence-corrected chi connectivity index (χ1v) is 18.9. The zero-order valence-corrected chi connectivity index (χ0v) is 27.8. The Balaban J connectivity index is 2.08. The molecule has 2 aliphatic carbocycles. The third-order valence-corrected chi connectivity index (χ3v) is 13.2. The molecule has 0 spiro atoms. The van der Waals surface area contributed by atoms with Gasteiger partial charge in [-0.1, -0.05) is 103 Å². The van der Waals surface area contributed by atoms with Crippen LogP contribution in [-0.4, -0.2) is 64.0 Å². The summed E-state index contributed by atoms with van der Waals surface area (Å²) in [6, 6.07) is 6.66. The molecule has 2 aliphatic rings. The molecule has 1 aromatic carbocycles. The number of hydrogen-bond donors (Lipinski definition) is 3. The molecule has 4 N–H and O–H groups in total. The lowest BCUT2D eigenvalue weighted by atomic mass is 9.83. The topological polar surface area (TPSA) is 130 Å². The van der Waals surface area contributed by atoms with E-state index < -0.39 is 42.9 Å². The molecule has 0 bridgehead atoms. The quantitative estimate of drug-likeness (QED) is 0.217. The molecular formula is C34H56N3O5P. The Morgan fingerprint density at radius 3 is 2.12 bits per heavy atom. The van der Waals surface area contributed by atoms with Crippen LogP contribution in [-0.2, 0) is 25.4 Å². The number of nitrogens with zero attached hydrogens (tertiary/aromatic N) is 1. The molecular weight excluding hydrogens is 561 g/mol. The van der Waals surface area contributed by atoms with Crippen molar-refractivity contribution in [3.05, 3.63) is 35.9 Å². The lowest BCUT2D eigenvalue weighted by Crippen LogP contribution is -2.62. The van der Waals surface area contributed by atoms with Gasteiger partial charge in [0.1, 0.15) is 19.0 Å². The minimum absolute atomic E-state index is 0.00890. The van der Waals surface area contributed by atoms with E-state index >= 15 is 0 Å².